The van der Waals surface area contributed by atoms with E-state index in [9.17, 15) is 17.6 Å². The van der Waals surface area contributed by atoms with Gasteiger partial charge in [-0.15, -0.1) is 0 Å². The number of carbonyl (C=O) groups is 1. The Hall–Kier alpha value is -1.77. The number of likely N-dealkylation sites (tertiary alicyclic amines) is 1. The number of hydrogen-bond acceptors (Lipinski definition) is 4. The lowest BCUT2D eigenvalue weighted by Crippen LogP contribution is -2.48. The van der Waals surface area contributed by atoms with Gasteiger partial charge >= 0.3 is 0 Å². The van der Waals surface area contributed by atoms with E-state index in [-0.39, 0.29) is 16.1 Å². The van der Waals surface area contributed by atoms with Crippen LogP contribution in [0.2, 0.25) is 0 Å². The van der Waals surface area contributed by atoms with Crippen LogP contribution in [0.15, 0.2) is 34.7 Å². The molecule has 0 saturated carbocycles. The van der Waals surface area contributed by atoms with Gasteiger partial charge in [-0.2, -0.15) is 0 Å². The molecule has 0 bridgehead atoms. The number of benzene rings is 1. The summed E-state index contributed by atoms with van der Waals surface area (Å²) in [5, 5.41) is 5.06. The van der Waals surface area contributed by atoms with Crippen molar-refractivity contribution in [3.63, 3.8) is 0 Å². The number of rotatable bonds is 2. The predicted molar refractivity (Wildman–Crippen MR) is 90.0 cm³/mol. The van der Waals surface area contributed by atoms with Gasteiger partial charge in [-0.05, 0) is 44.4 Å². The molecule has 0 radical (unpaired) electrons. The van der Waals surface area contributed by atoms with Crippen LogP contribution >= 0.6 is 0 Å². The van der Waals surface area contributed by atoms with Gasteiger partial charge in [0.2, 0.25) is 10.0 Å². The minimum atomic E-state index is -4.00. The van der Waals surface area contributed by atoms with Crippen molar-refractivity contribution in [3.05, 3.63) is 41.2 Å². The van der Waals surface area contributed by atoms with Crippen molar-refractivity contribution >= 4 is 15.9 Å². The van der Waals surface area contributed by atoms with Crippen LogP contribution < -0.4 is 5.14 Å². The minimum Gasteiger partial charge on any atom is -0.370 e. The Bertz CT molecular complexity index is 827. The first-order valence-corrected chi connectivity index (χ1v) is 9.69. The summed E-state index contributed by atoms with van der Waals surface area (Å²) in [7, 11) is -4.00. The quantitative estimate of drug-likeness (QED) is 0.806. The summed E-state index contributed by atoms with van der Waals surface area (Å²) in [6.07, 6.45) is 4.30. The van der Waals surface area contributed by atoms with Gasteiger partial charge in [0.25, 0.3) is 5.91 Å². The van der Waals surface area contributed by atoms with Gasteiger partial charge < -0.3 is 9.64 Å². The maximum atomic E-state index is 14.0. The molecule has 2 aliphatic heterocycles. The van der Waals surface area contributed by atoms with Crippen molar-refractivity contribution in [1.29, 1.82) is 0 Å². The third-order valence-corrected chi connectivity index (χ3v) is 5.70. The topological polar surface area (TPSA) is 89.7 Å². The zero-order valence-corrected chi connectivity index (χ0v) is 14.8. The summed E-state index contributed by atoms with van der Waals surface area (Å²) >= 11 is 0. The number of nitrogens with two attached hydrogens (primary N) is 1. The van der Waals surface area contributed by atoms with E-state index in [0.717, 1.165) is 24.6 Å². The second-order valence-corrected chi connectivity index (χ2v) is 8.19. The fourth-order valence-electron chi connectivity index (χ4n) is 3.37. The number of halogens is 1. The second kappa shape index (κ2) is 6.51. The van der Waals surface area contributed by atoms with Crippen molar-refractivity contribution in [3.8, 4) is 0 Å². The van der Waals surface area contributed by atoms with Gasteiger partial charge in [-0.25, -0.2) is 17.9 Å². The van der Waals surface area contributed by atoms with Crippen molar-refractivity contribution in [2.75, 3.05) is 19.7 Å². The number of amides is 1. The van der Waals surface area contributed by atoms with Crippen LogP contribution in [0.4, 0.5) is 4.39 Å². The van der Waals surface area contributed by atoms with E-state index in [4.69, 9.17) is 9.88 Å². The summed E-state index contributed by atoms with van der Waals surface area (Å²) in [4.78, 5) is 13.9. The number of ether oxygens (including phenoxy) is 1. The SMILES string of the molecule is CC1=CC2(CCN(C(=O)c3cc(S(N)(=O)=O)ccc3F)CC2)OCC1. The van der Waals surface area contributed by atoms with E-state index in [0.29, 0.717) is 32.5 Å². The standard InChI is InChI=1S/C17H21FN2O4S/c1-12-4-9-24-17(11-12)5-7-20(8-6-17)16(21)14-10-13(25(19,22)23)2-3-15(14)18/h2-3,10-11H,4-9H2,1H3,(H2,19,22,23). The van der Waals surface area contributed by atoms with Crippen molar-refractivity contribution in [2.24, 2.45) is 5.14 Å². The van der Waals surface area contributed by atoms with Crippen LogP contribution in [0.1, 0.15) is 36.5 Å². The highest BCUT2D eigenvalue weighted by atomic mass is 32.2. The molecule has 3 rings (SSSR count). The molecule has 0 aliphatic carbocycles. The molecular formula is C17H21FN2O4S. The summed E-state index contributed by atoms with van der Waals surface area (Å²) in [6, 6.07) is 3.00. The zero-order chi connectivity index (χ0) is 18.2. The minimum absolute atomic E-state index is 0.278. The van der Waals surface area contributed by atoms with Crippen LogP contribution in [-0.4, -0.2) is 44.5 Å². The highest BCUT2D eigenvalue weighted by molar-refractivity contribution is 7.89. The molecular weight excluding hydrogens is 347 g/mol. The average Bonchev–Trinajstić information content (AvgIpc) is 2.54. The number of nitrogens with zero attached hydrogens (tertiary/aromatic N) is 1. The largest absolute Gasteiger partial charge is 0.370 e. The molecule has 1 aromatic carbocycles. The van der Waals surface area contributed by atoms with E-state index in [2.05, 4.69) is 13.0 Å². The van der Waals surface area contributed by atoms with Crippen molar-refractivity contribution < 1.29 is 22.3 Å². The summed E-state index contributed by atoms with van der Waals surface area (Å²) in [5.41, 5.74) is 0.650. The van der Waals surface area contributed by atoms with E-state index < -0.39 is 21.7 Å². The monoisotopic (exact) mass is 368 g/mol. The number of primary sulfonamides is 1. The van der Waals surface area contributed by atoms with Crippen LogP contribution in [-0.2, 0) is 14.8 Å². The number of piperidine rings is 1. The van der Waals surface area contributed by atoms with Gasteiger partial charge in [0, 0.05) is 13.1 Å². The van der Waals surface area contributed by atoms with Gasteiger partial charge in [0.05, 0.1) is 22.7 Å². The fraction of sp³-hybridized carbons (Fsp3) is 0.471. The lowest BCUT2D eigenvalue weighted by atomic mass is 9.87. The van der Waals surface area contributed by atoms with E-state index in [1.165, 1.54) is 10.5 Å². The summed E-state index contributed by atoms with van der Waals surface area (Å²) in [6.45, 7) is 3.57. The number of sulfonamides is 1. The van der Waals surface area contributed by atoms with Gasteiger partial charge in [0.15, 0.2) is 0 Å². The molecule has 25 heavy (non-hydrogen) atoms. The molecule has 8 heteroatoms. The van der Waals surface area contributed by atoms with Gasteiger partial charge in [0.1, 0.15) is 5.82 Å². The number of carbonyl (C=O) groups excluding carboxylic acids is 1. The highest BCUT2D eigenvalue weighted by Crippen LogP contribution is 2.33. The summed E-state index contributed by atoms with van der Waals surface area (Å²) < 4.78 is 42.8. The van der Waals surface area contributed by atoms with Crippen LogP contribution in [0.3, 0.4) is 0 Å². The molecule has 1 amide bonds. The normalized spacial score (nSPS) is 20.4. The molecule has 1 saturated heterocycles. The molecule has 6 nitrogen and oxygen atoms in total. The lowest BCUT2D eigenvalue weighted by Gasteiger charge is -2.42. The second-order valence-electron chi connectivity index (χ2n) is 6.63. The smallest absolute Gasteiger partial charge is 0.256 e. The Balaban J connectivity index is 1.78. The molecule has 0 aromatic heterocycles. The number of hydrogen-bond donors (Lipinski definition) is 1. The fourth-order valence-corrected chi connectivity index (χ4v) is 3.91. The molecule has 1 spiro atoms. The first-order chi connectivity index (χ1) is 11.7. The molecule has 0 unspecified atom stereocenters. The van der Waals surface area contributed by atoms with Crippen molar-refractivity contribution in [2.45, 2.75) is 36.7 Å². The Morgan fingerprint density at radius 3 is 2.60 bits per heavy atom. The first-order valence-electron chi connectivity index (χ1n) is 8.14. The molecule has 2 aliphatic rings. The molecule has 1 fully saturated rings. The Kier molecular flexibility index (Phi) is 4.70. The molecule has 0 atom stereocenters. The van der Waals surface area contributed by atoms with Crippen LogP contribution in [0, 0.1) is 5.82 Å². The third-order valence-electron chi connectivity index (χ3n) is 4.79. The predicted octanol–water partition coefficient (Wildman–Crippen LogP) is 1.81. The van der Waals surface area contributed by atoms with E-state index >= 15 is 0 Å². The van der Waals surface area contributed by atoms with E-state index in [1.807, 2.05) is 0 Å². The molecule has 2 heterocycles. The van der Waals surface area contributed by atoms with E-state index in [1.54, 1.807) is 0 Å². The maximum absolute atomic E-state index is 14.0. The first kappa shape index (κ1) is 18.0. The van der Waals surface area contributed by atoms with Gasteiger partial charge in [-0.1, -0.05) is 11.6 Å². The Labute approximate surface area is 146 Å². The zero-order valence-electron chi connectivity index (χ0n) is 14.0. The average molecular weight is 368 g/mol. The molecule has 1 aromatic rings. The molecule has 2 N–H and O–H groups in total. The maximum Gasteiger partial charge on any atom is 0.256 e. The van der Waals surface area contributed by atoms with Crippen LogP contribution in [0.25, 0.3) is 0 Å². The Morgan fingerprint density at radius 2 is 2.00 bits per heavy atom. The third kappa shape index (κ3) is 3.75. The van der Waals surface area contributed by atoms with Crippen LogP contribution in [0.5, 0.6) is 0 Å². The van der Waals surface area contributed by atoms with Gasteiger partial charge in [-0.3, -0.25) is 4.79 Å². The van der Waals surface area contributed by atoms with Crippen molar-refractivity contribution in [1.82, 2.24) is 4.90 Å². The highest BCUT2D eigenvalue weighted by Gasteiger charge is 2.37. The lowest BCUT2D eigenvalue weighted by molar-refractivity contribution is -0.0522. The summed E-state index contributed by atoms with van der Waals surface area (Å²) in [5.74, 6) is -1.29. The molecule has 136 valence electrons. The Morgan fingerprint density at radius 1 is 1.32 bits per heavy atom.